The Morgan fingerprint density at radius 2 is 1.92 bits per heavy atom. The summed E-state index contributed by atoms with van der Waals surface area (Å²) in [7, 11) is 0. The van der Waals surface area contributed by atoms with Crippen LogP contribution >= 0.6 is 23.2 Å². The van der Waals surface area contributed by atoms with E-state index in [1.54, 1.807) is 0 Å². The van der Waals surface area contributed by atoms with E-state index in [2.05, 4.69) is 15.2 Å². The lowest BCUT2D eigenvalue weighted by molar-refractivity contribution is 0.358. The monoisotopic (exact) mass is 379 g/mol. The number of aromatic nitrogens is 4. The first-order chi connectivity index (χ1) is 12.1. The zero-order valence-corrected chi connectivity index (χ0v) is 14.7. The number of hydrogen-bond acceptors (Lipinski definition) is 6. The fraction of sp³-hybridized carbons (Fsp3) is 0.250. The molecule has 2 aromatic heterocycles. The summed E-state index contributed by atoms with van der Waals surface area (Å²) >= 11 is 11.8. The largest absolute Gasteiger partial charge is 0.337 e. The Bertz CT molecular complexity index is 921. The van der Waals surface area contributed by atoms with Crippen LogP contribution in [0.2, 0.25) is 10.0 Å². The van der Waals surface area contributed by atoms with Gasteiger partial charge in [-0.3, -0.25) is 4.79 Å². The Hall–Kier alpha value is -2.22. The molecule has 0 radical (unpaired) electrons. The van der Waals surface area contributed by atoms with Gasteiger partial charge in [0.15, 0.2) is 5.82 Å². The van der Waals surface area contributed by atoms with Crippen LogP contribution in [0.4, 0.5) is 0 Å². The first-order valence-electron chi connectivity index (χ1n) is 7.57. The van der Waals surface area contributed by atoms with E-state index in [1.807, 2.05) is 24.3 Å². The maximum Gasteiger partial charge on any atom is 0.286 e. The van der Waals surface area contributed by atoms with E-state index in [-0.39, 0.29) is 24.0 Å². The molecule has 0 bridgehead atoms. The van der Waals surface area contributed by atoms with Crippen molar-refractivity contribution in [3.05, 3.63) is 73.7 Å². The molecule has 2 heterocycles. The molecular weight excluding hydrogens is 365 g/mol. The molecule has 1 aromatic carbocycles. The Morgan fingerprint density at radius 3 is 2.64 bits per heavy atom. The summed E-state index contributed by atoms with van der Waals surface area (Å²) in [5.41, 5.74) is 6.68. The van der Waals surface area contributed by atoms with Crippen LogP contribution < -0.4 is 11.3 Å². The molecule has 0 unspecified atom stereocenters. The summed E-state index contributed by atoms with van der Waals surface area (Å²) in [5, 5.41) is 8.69. The van der Waals surface area contributed by atoms with E-state index in [0.29, 0.717) is 22.8 Å². The molecule has 3 aromatic rings. The smallest absolute Gasteiger partial charge is 0.286 e. The van der Waals surface area contributed by atoms with Crippen molar-refractivity contribution in [2.24, 2.45) is 5.73 Å². The van der Waals surface area contributed by atoms with Crippen LogP contribution in [0.1, 0.15) is 22.8 Å². The highest BCUT2D eigenvalue weighted by Gasteiger charge is 2.12. The minimum atomic E-state index is -0.439. The van der Waals surface area contributed by atoms with E-state index in [4.69, 9.17) is 33.5 Å². The van der Waals surface area contributed by atoms with Gasteiger partial charge in [-0.15, -0.1) is 0 Å². The normalized spacial score (nSPS) is 11.0. The van der Waals surface area contributed by atoms with Gasteiger partial charge < -0.3 is 10.3 Å². The summed E-state index contributed by atoms with van der Waals surface area (Å²) < 4.78 is 6.34. The highest BCUT2D eigenvalue weighted by atomic mass is 35.5. The Morgan fingerprint density at radius 1 is 1.16 bits per heavy atom. The van der Waals surface area contributed by atoms with Gasteiger partial charge in [-0.2, -0.15) is 10.1 Å². The lowest BCUT2D eigenvalue weighted by Crippen LogP contribution is -2.25. The fourth-order valence-electron chi connectivity index (χ4n) is 2.25. The van der Waals surface area contributed by atoms with Crippen LogP contribution in [0, 0.1) is 0 Å². The van der Waals surface area contributed by atoms with Crippen LogP contribution in [0.3, 0.4) is 0 Å². The Balaban J connectivity index is 1.67. The maximum absolute atomic E-state index is 12.1. The number of aryl methyl sites for hydroxylation is 2. The predicted octanol–water partition coefficient (Wildman–Crippen LogP) is 2.23. The molecule has 130 valence electrons. The molecule has 0 aliphatic rings. The lowest BCUT2D eigenvalue weighted by atomic mass is 10.1. The molecule has 0 fully saturated rings. The summed E-state index contributed by atoms with van der Waals surface area (Å²) in [6, 6.07) is 7.58. The van der Waals surface area contributed by atoms with E-state index < -0.39 is 5.56 Å². The zero-order valence-electron chi connectivity index (χ0n) is 13.2. The van der Waals surface area contributed by atoms with E-state index in [9.17, 15) is 4.79 Å². The molecule has 25 heavy (non-hydrogen) atoms. The van der Waals surface area contributed by atoms with E-state index in [1.165, 1.54) is 6.20 Å². The molecule has 0 aliphatic heterocycles. The van der Waals surface area contributed by atoms with Crippen molar-refractivity contribution in [2.45, 2.75) is 25.9 Å². The molecule has 0 saturated heterocycles. The average molecular weight is 380 g/mol. The Kier molecular flexibility index (Phi) is 5.47. The molecule has 2 N–H and O–H groups in total. The van der Waals surface area contributed by atoms with Crippen LogP contribution in [0.5, 0.6) is 0 Å². The molecule has 0 spiro atoms. The van der Waals surface area contributed by atoms with Gasteiger partial charge in [0.2, 0.25) is 5.89 Å². The number of benzene rings is 1. The molecule has 0 atom stereocenters. The summed E-state index contributed by atoms with van der Waals surface area (Å²) in [6.07, 6.45) is 2.83. The first kappa shape index (κ1) is 17.6. The maximum atomic E-state index is 12.1. The van der Waals surface area contributed by atoms with Crippen LogP contribution in [-0.4, -0.2) is 19.9 Å². The average Bonchev–Trinajstić information content (AvgIpc) is 3.06. The third kappa shape index (κ3) is 4.25. The molecule has 0 saturated carbocycles. The number of hydrogen-bond donors (Lipinski definition) is 1. The first-order valence-corrected chi connectivity index (χ1v) is 8.33. The standard InChI is InChI=1S/C16H15Cl2N5O2/c17-12-4-1-10(2-5-12)3-6-13-21-14(25-22-13)9-23-16(24)15(18)11(7-19)8-20-23/h1-2,4-5,8H,3,6-7,9,19H2. The van der Waals surface area contributed by atoms with Crippen molar-refractivity contribution in [2.75, 3.05) is 0 Å². The highest BCUT2D eigenvalue weighted by molar-refractivity contribution is 6.31. The molecule has 7 nitrogen and oxygen atoms in total. The van der Waals surface area contributed by atoms with Gasteiger partial charge in [0.25, 0.3) is 5.56 Å². The minimum absolute atomic E-state index is 0.0529. The lowest BCUT2D eigenvalue weighted by Gasteiger charge is -2.04. The van der Waals surface area contributed by atoms with E-state index in [0.717, 1.165) is 16.7 Å². The van der Waals surface area contributed by atoms with Crippen molar-refractivity contribution in [1.82, 2.24) is 19.9 Å². The molecule has 9 heteroatoms. The van der Waals surface area contributed by atoms with Crippen LogP contribution in [0.25, 0.3) is 0 Å². The predicted molar refractivity (Wildman–Crippen MR) is 93.7 cm³/mol. The van der Waals surface area contributed by atoms with Gasteiger partial charge in [-0.1, -0.05) is 40.5 Å². The number of rotatable bonds is 6. The summed E-state index contributed by atoms with van der Waals surface area (Å²) in [6.45, 7) is 0.203. The van der Waals surface area contributed by atoms with E-state index >= 15 is 0 Å². The zero-order chi connectivity index (χ0) is 17.8. The highest BCUT2D eigenvalue weighted by Crippen LogP contribution is 2.12. The third-order valence-corrected chi connectivity index (χ3v) is 4.28. The van der Waals surface area contributed by atoms with Crippen LogP contribution in [0.15, 0.2) is 39.8 Å². The molecule has 0 amide bonds. The van der Waals surface area contributed by atoms with Crippen LogP contribution in [-0.2, 0) is 25.9 Å². The third-order valence-electron chi connectivity index (χ3n) is 3.62. The second-order valence-electron chi connectivity index (χ2n) is 5.38. The summed E-state index contributed by atoms with van der Waals surface area (Å²) in [4.78, 5) is 16.4. The van der Waals surface area contributed by atoms with Crippen molar-refractivity contribution < 1.29 is 4.52 Å². The van der Waals surface area contributed by atoms with Gasteiger partial charge in [-0.25, -0.2) is 4.68 Å². The van der Waals surface area contributed by atoms with Crippen molar-refractivity contribution in [3.8, 4) is 0 Å². The SMILES string of the molecule is NCc1cnn(Cc2nc(CCc3ccc(Cl)cc3)no2)c(=O)c1Cl. The minimum Gasteiger partial charge on any atom is -0.337 e. The van der Waals surface area contributed by atoms with Crippen molar-refractivity contribution in [1.29, 1.82) is 0 Å². The molecular formula is C16H15Cl2N5O2. The van der Waals surface area contributed by atoms with Crippen molar-refractivity contribution in [3.63, 3.8) is 0 Å². The second kappa shape index (κ2) is 7.77. The quantitative estimate of drug-likeness (QED) is 0.704. The van der Waals surface area contributed by atoms with Crippen molar-refractivity contribution >= 4 is 23.2 Å². The van der Waals surface area contributed by atoms with Gasteiger partial charge >= 0.3 is 0 Å². The van der Waals surface area contributed by atoms with Gasteiger partial charge in [-0.05, 0) is 24.1 Å². The van der Waals surface area contributed by atoms with Gasteiger partial charge in [0.05, 0.1) is 6.20 Å². The van der Waals surface area contributed by atoms with Gasteiger partial charge in [0, 0.05) is 23.6 Å². The number of halogens is 2. The number of nitrogens with zero attached hydrogens (tertiary/aromatic N) is 4. The fourth-order valence-corrected chi connectivity index (χ4v) is 2.59. The summed E-state index contributed by atoms with van der Waals surface area (Å²) in [5.74, 6) is 0.847. The van der Waals surface area contributed by atoms with Gasteiger partial charge in [0.1, 0.15) is 11.6 Å². The molecule has 3 rings (SSSR count). The number of nitrogens with two attached hydrogens (primary N) is 1. The second-order valence-corrected chi connectivity index (χ2v) is 6.20. The Labute approximate surface area is 153 Å². The topological polar surface area (TPSA) is 99.8 Å². The molecule has 0 aliphatic carbocycles.